The number of benzene rings is 2. The summed E-state index contributed by atoms with van der Waals surface area (Å²) in [6, 6.07) is 17.7. The molecule has 0 bridgehead atoms. The Kier molecular flexibility index (Phi) is 7.93. The third kappa shape index (κ3) is 6.10. The number of nitrogens with one attached hydrogen (secondary N) is 2. The van der Waals surface area contributed by atoms with Gasteiger partial charge in [-0.1, -0.05) is 42.5 Å². The lowest BCUT2D eigenvalue weighted by Crippen LogP contribution is -2.59. The first-order chi connectivity index (χ1) is 16.1. The Balaban J connectivity index is 1.39. The molecule has 0 saturated carbocycles. The van der Waals surface area contributed by atoms with E-state index in [9.17, 15) is 9.59 Å². The van der Waals surface area contributed by atoms with Crippen LogP contribution < -0.4 is 15.5 Å². The Morgan fingerprint density at radius 1 is 0.970 bits per heavy atom. The van der Waals surface area contributed by atoms with Gasteiger partial charge in [-0.15, -0.1) is 0 Å². The van der Waals surface area contributed by atoms with Crippen LogP contribution in [0.4, 0.5) is 11.4 Å². The zero-order chi connectivity index (χ0) is 23.0. The molecule has 8 heteroatoms. The van der Waals surface area contributed by atoms with E-state index in [-0.39, 0.29) is 24.4 Å². The lowest BCUT2D eigenvalue weighted by Gasteiger charge is -2.40. The van der Waals surface area contributed by atoms with E-state index < -0.39 is 0 Å². The van der Waals surface area contributed by atoms with Gasteiger partial charge in [0.25, 0.3) is 0 Å². The second-order valence-electron chi connectivity index (χ2n) is 8.49. The number of carbonyl (C=O) groups excluding carboxylic acids is 2. The Morgan fingerprint density at radius 3 is 2.45 bits per heavy atom. The van der Waals surface area contributed by atoms with E-state index in [0.29, 0.717) is 26.3 Å². The molecule has 0 aliphatic carbocycles. The van der Waals surface area contributed by atoms with E-state index in [1.165, 1.54) is 5.56 Å². The van der Waals surface area contributed by atoms with Crippen molar-refractivity contribution in [3.05, 3.63) is 60.2 Å². The molecule has 2 amide bonds. The van der Waals surface area contributed by atoms with E-state index in [4.69, 9.17) is 4.74 Å². The van der Waals surface area contributed by atoms with E-state index in [1.807, 2.05) is 47.4 Å². The van der Waals surface area contributed by atoms with Crippen LogP contribution in [0.1, 0.15) is 5.56 Å². The number of likely N-dealkylation sites (N-methyl/N-ethyl adjacent to an activating group) is 1. The maximum atomic E-state index is 13.0. The monoisotopic (exact) mass is 451 g/mol. The summed E-state index contributed by atoms with van der Waals surface area (Å²) in [5.74, 6) is -0.171. The quantitative estimate of drug-likeness (QED) is 0.663. The van der Waals surface area contributed by atoms with E-state index in [1.54, 1.807) is 7.05 Å². The summed E-state index contributed by atoms with van der Waals surface area (Å²) in [5, 5.41) is 5.84. The second kappa shape index (κ2) is 11.3. The predicted molar refractivity (Wildman–Crippen MR) is 129 cm³/mol. The molecule has 1 atom stereocenters. The minimum Gasteiger partial charge on any atom is -0.378 e. The van der Waals surface area contributed by atoms with Crippen LogP contribution in [-0.2, 0) is 20.9 Å². The highest BCUT2D eigenvalue weighted by atomic mass is 16.5. The summed E-state index contributed by atoms with van der Waals surface area (Å²) in [7, 11) is 1.65. The molecule has 2 saturated heterocycles. The number of hydrogen-bond donors (Lipinski definition) is 2. The number of carbonyl (C=O) groups is 2. The second-order valence-corrected chi connectivity index (χ2v) is 8.49. The molecular weight excluding hydrogens is 418 g/mol. The number of rotatable bonds is 7. The van der Waals surface area contributed by atoms with E-state index >= 15 is 0 Å². The summed E-state index contributed by atoms with van der Waals surface area (Å²) in [6.45, 7) is 5.99. The van der Waals surface area contributed by atoms with E-state index in [2.05, 4.69) is 32.6 Å². The fourth-order valence-corrected chi connectivity index (χ4v) is 4.50. The number of piperazine rings is 1. The first kappa shape index (κ1) is 23.2. The minimum atomic E-state index is -0.368. The Hall–Kier alpha value is -2.94. The maximum absolute atomic E-state index is 13.0. The van der Waals surface area contributed by atoms with Crippen molar-refractivity contribution < 1.29 is 14.3 Å². The van der Waals surface area contributed by atoms with Gasteiger partial charge in [0.05, 0.1) is 31.1 Å². The molecule has 0 spiro atoms. The van der Waals surface area contributed by atoms with Gasteiger partial charge in [0, 0.05) is 46.3 Å². The topological polar surface area (TPSA) is 77.2 Å². The number of hydrogen-bond acceptors (Lipinski definition) is 6. The lowest BCUT2D eigenvalue weighted by atomic mass is 10.1. The average Bonchev–Trinajstić information content (AvgIpc) is 2.86. The molecule has 2 fully saturated rings. The summed E-state index contributed by atoms with van der Waals surface area (Å²) >= 11 is 0. The van der Waals surface area contributed by atoms with Gasteiger partial charge in [-0.3, -0.25) is 19.4 Å². The van der Waals surface area contributed by atoms with Gasteiger partial charge in [0.2, 0.25) is 11.8 Å². The number of ether oxygens (including phenoxy) is 1. The first-order valence-corrected chi connectivity index (χ1v) is 11.6. The Morgan fingerprint density at radius 2 is 1.70 bits per heavy atom. The van der Waals surface area contributed by atoms with Crippen LogP contribution in [-0.4, -0.2) is 87.2 Å². The molecule has 0 unspecified atom stereocenters. The van der Waals surface area contributed by atoms with Crippen LogP contribution in [0, 0.1) is 0 Å². The van der Waals surface area contributed by atoms with Crippen LogP contribution in [0.2, 0.25) is 0 Å². The molecule has 2 heterocycles. The van der Waals surface area contributed by atoms with Gasteiger partial charge in [-0.25, -0.2) is 0 Å². The van der Waals surface area contributed by atoms with Crippen molar-refractivity contribution in [3.8, 4) is 0 Å². The molecule has 0 aromatic heterocycles. The molecule has 4 rings (SSSR count). The van der Waals surface area contributed by atoms with Crippen molar-refractivity contribution in [2.24, 2.45) is 0 Å². The van der Waals surface area contributed by atoms with Gasteiger partial charge >= 0.3 is 0 Å². The molecule has 2 N–H and O–H groups in total. The Labute approximate surface area is 195 Å². The SMILES string of the molecule is CNC(=O)[C@H]1CN(Cc2ccccc2)CCN1CC(=O)Nc1ccccc1N1CCOCC1. The van der Waals surface area contributed by atoms with Crippen molar-refractivity contribution in [2.45, 2.75) is 12.6 Å². The number of nitrogens with zero attached hydrogens (tertiary/aromatic N) is 3. The largest absolute Gasteiger partial charge is 0.378 e. The summed E-state index contributed by atoms with van der Waals surface area (Å²) < 4.78 is 5.46. The highest BCUT2D eigenvalue weighted by Gasteiger charge is 2.33. The van der Waals surface area contributed by atoms with E-state index in [0.717, 1.165) is 37.6 Å². The predicted octanol–water partition coefficient (Wildman–Crippen LogP) is 1.39. The zero-order valence-corrected chi connectivity index (χ0v) is 19.2. The summed E-state index contributed by atoms with van der Waals surface area (Å²) in [4.78, 5) is 32.1. The maximum Gasteiger partial charge on any atom is 0.238 e. The third-order valence-corrected chi connectivity index (χ3v) is 6.25. The number of amides is 2. The standard InChI is InChI=1S/C25H33N5O3/c1-26-25(32)23-18-28(17-20-7-3-2-4-8-20)11-12-30(23)19-24(31)27-21-9-5-6-10-22(21)29-13-15-33-16-14-29/h2-10,23H,11-19H2,1H3,(H,26,32)(H,27,31)/t23-/m1/s1. The molecule has 33 heavy (non-hydrogen) atoms. The molecule has 2 aliphatic heterocycles. The van der Waals surface area contributed by atoms with Crippen molar-refractivity contribution in [3.63, 3.8) is 0 Å². The van der Waals surface area contributed by atoms with Gasteiger partial charge < -0.3 is 20.3 Å². The van der Waals surface area contributed by atoms with Crippen molar-refractivity contribution >= 4 is 23.2 Å². The van der Waals surface area contributed by atoms with Crippen LogP contribution in [0.5, 0.6) is 0 Å². The fraction of sp³-hybridized carbons (Fsp3) is 0.440. The van der Waals surface area contributed by atoms with Crippen LogP contribution in [0.25, 0.3) is 0 Å². The average molecular weight is 452 g/mol. The first-order valence-electron chi connectivity index (χ1n) is 11.6. The van der Waals surface area contributed by atoms with Gasteiger partial charge in [0.1, 0.15) is 6.04 Å². The summed E-state index contributed by atoms with van der Waals surface area (Å²) in [6.07, 6.45) is 0. The fourth-order valence-electron chi connectivity index (χ4n) is 4.50. The number of morpholine rings is 1. The van der Waals surface area contributed by atoms with Gasteiger partial charge in [-0.05, 0) is 17.7 Å². The minimum absolute atomic E-state index is 0.0609. The van der Waals surface area contributed by atoms with Crippen LogP contribution in [0.3, 0.4) is 0 Å². The highest BCUT2D eigenvalue weighted by Crippen LogP contribution is 2.26. The third-order valence-electron chi connectivity index (χ3n) is 6.25. The van der Waals surface area contributed by atoms with Crippen LogP contribution in [0.15, 0.2) is 54.6 Å². The molecule has 2 aliphatic rings. The number of anilines is 2. The van der Waals surface area contributed by atoms with Gasteiger partial charge in [-0.2, -0.15) is 0 Å². The normalized spacial score (nSPS) is 19.8. The summed E-state index contributed by atoms with van der Waals surface area (Å²) in [5.41, 5.74) is 3.02. The van der Waals surface area contributed by atoms with Crippen molar-refractivity contribution in [1.82, 2.24) is 15.1 Å². The Bertz CT molecular complexity index is 933. The highest BCUT2D eigenvalue weighted by molar-refractivity contribution is 5.96. The van der Waals surface area contributed by atoms with Crippen molar-refractivity contribution in [2.75, 3.05) is 69.7 Å². The molecule has 176 valence electrons. The molecule has 8 nitrogen and oxygen atoms in total. The lowest BCUT2D eigenvalue weighted by molar-refractivity contribution is -0.130. The van der Waals surface area contributed by atoms with Crippen molar-refractivity contribution in [1.29, 1.82) is 0 Å². The van der Waals surface area contributed by atoms with Crippen LogP contribution >= 0.6 is 0 Å². The smallest absolute Gasteiger partial charge is 0.238 e. The molecule has 0 radical (unpaired) electrons. The molecule has 2 aromatic rings. The number of para-hydroxylation sites is 2. The molecule has 2 aromatic carbocycles. The zero-order valence-electron chi connectivity index (χ0n) is 19.2. The van der Waals surface area contributed by atoms with Gasteiger partial charge in [0.15, 0.2) is 0 Å². The molecular formula is C25H33N5O3.